The second-order valence-corrected chi connectivity index (χ2v) is 9.60. The largest absolute Gasteiger partial charge is 0.496 e. The van der Waals surface area contributed by atoms with E-state index in [-0.39, 0.29) is 22.3 Å². The van der Waals surface area contributed by atoms with Crippen molar-refractivity contribution in [3.63, 3.8) is 0 Å². The first-order valence-corrected chi connectivity index (χ1v) is 11.9. The van der Waals surface area contributed by atoms with Crippen molar-refractivity contribution in [1.82, 2.24) is 4.90 Å². The van der Waals surface area contributed by atoms with E-state index in [0.29, 0.717) is 24.5 Å². The van der Waals surface area contributed by atoms with Gasteiger partial charge in [-0.05, 0) is 48.6 Å². The third-order valence-electron chi connectivity index (χ3n) is 5.43. The minimum Gasteiger partial charge on any atom is -0.496 e. The molecule has 2 aromatic rings. The number of hydrogen-bond donors (Lipinski definition) is 1. The van der Waals surface area contributed by atoms with E-state index in [1.807, 2.05) is 26.0 Å². The lowest BCUT2D eigenvalue weighted by molar-refractivity contribution is 0.0758. The third kappa shape index (κ3) is 4.95. The lowest BCUT2D eigenvalue weighted by atomic mass is 10.0. The van der Waals surface area contributed by atoms with E-state index in [1.165, 1.54) is 19.2 Å². The van der Waals surface area contributed by atoms with E-state index < -0.39 is 10.0 Å². The highest BCUT2D eigenvalue weighted by Crippen LogP contribution is 2.29. The Hall–Kier alpha value is -2.54. The predicted octanol–water partition coefficient (Wildman–Crippen LogP) is 4.64. The van der Waals surface area contributed by atoms with Gasteiger partial charge in [-0.1, -0.05) is 44.9 Å². The molecule has 1 aliphatic rings. The van der Waals surface area contributed by atoms with E-state index in [4.69, 9.17) is 4.74 Å². The topological polar surface area (TPSA) is 75.7 Å². The molecule has 0 saturated carbocycles. The summed E-state index contributed by atoms with van der Waals surface area (Å²) < 4.78 is 34.3. The van der Waals surface area contributed by atoms with Gasteiger partial charge in [0.05, 0.1) is 23.3 Å². The summed E-state index contributed by atoms with van der Waals surface area (Å²) in [6.07, 6.45) is 4.13. The lowest BCUT2D eigenvalue weighted by Crippen LogP contribution is -2.32. The molecule has 0 aliphatic carbocycles. The summed E-state index contributed by atoms with van der Waals surface area (Å²) >= 11 is 0. The molecule has 0 radical (unpaired) electrons. The number of methoxy groups -OCH3 is 1. The zero-order valence-corrected chi connectivity index (χ0v) is 18.7. The number of rotatable bonds is 6. The van der Waals surface area contributed by atoms with Crippen molar-refractivity contribution in [2.45, 2.75) is 50.3 Å². The van der Waals surface area contributed by atoms with Crippen molar-refractivity contribution in [3.8, 4) is 5.75 Å². The maximum Gasteiger partial charge on any atom is 0.261 e. The molecular formula is C23H30N2O4S. The molecular weight excluding hydrogens is 400 g/mol. The summed E-state index contributed by atoms with van der Waals surface area (Å²) in [6, 6.07) is 11.8. The Morgan fingerprint density at radius 3 is 2.33 bits per heavy atom. The van der Waals surface area contributed by atoms with Gasteiger partial charge in [0.2, 0.25) is 0 Å². The van der Waals surface area contributed by atoms with Crippen LogP contribution >= 0.6 is 0 Å². The molecule has 1 N–H and O–H groups in total. The highest BCUT2D eigenvalue weighted by Gasteiger charge is 2.24. The molecule has 162 valence electrons. The number of nitrogens with zero attached hydrogens (tertiary/aromatic N) is 1. The monoisotopic (exact) mass is 430 g/mol. The number of amides is 1. The van der Waals surface area contributed by atoms with Gasteiger partial charge in [-0.2, -0.15) is 0 Å². The minimum absolute atomic E-state index is 0.0417. The van der Waals surface area contributed by atoms with Crippen LogP contribution in [0.2, 0.25) is 0 Å². The summed E-state index contributed by atoms with van der Waals surface area (Å²) in [5.74, 6) is 0.360. The summed E-state index contributed by atoms with van der Waals surface area (Å²) in [4.78, 5) is 15.0. The molecule has 0 aromatic heterocycles. The summed E-state index contributed by atoms with van der Waals surface area (Å²) in [5.41, 5.74) is 1.73. The number of sulfonamides is 1. The molecule has 0 bridgehead atoms. The fourth-order valence-electron chi connectivity index (χ4n) is 3.76. The van der Waals surface area contributed by atoms with Crippen LogP contribution in [0.1, 0.15) is 61.4 Å². The Balaban J connectivity index is 1.94. The highest BCUT2D eigenvalue weighted by molar-refractivity contribution is 7.92. The lowest BCUT2D eigenvalue weighted by Gasteiger charge is -2.22. The van der Waals surface area contributed by atoms with Crippen LogP contribution in [-0.2, 0) is 10.0 Å². The van der Waals surface area contributed by atoms with Crippen LogP contribution in [0.3, 0.4) is 0 Å². The average molecular weight is 431 g/mol. The smallest absolute Gasteiger partial charge is 0.261 e. The number of nitrogens with one attached hydrogen (secondary N) is 1. The fourth-order valence-corrected chi connectivity index (χ4v) is 4.88. The first-order chi connectivity index (χ1) is 14.3. The second-order valence-electron chi connectivity index (χ2n) is 7.92. The second kappa shape index (κ2) is 9.51. The normalized spacial score (nSPS) is 15.0. The quantitative estimate of drug-likeness (QED) is 0.725. The highest BCUT2D eigenvalue weighted by atomic mass is 32.2. The molecule has 1 fully saturated rings. The molecule has 30 heavy (non-hydrogen) atoms. The van der Waals surface area contributed by atoms with Crippen LogP contribution in [-0.4, -0.2) is 39.4 Å². The first-order valence-electron chi connectivity index (χ1n) is 10.4. The molecule has 3 rings (SSSR count). The Morgan fingerprint density at radius 2 is 1.70 bits per heavy atom. The maximum atomic E-state index is 13.1. The van der Waals surface area contributed by atoms with Crippen molar-refractivity contribution in [1.29, 1.82) is 0 Å². The van der Waals surface area contributed by atoms with Crippen LogP contribution in [0.15, 0.2) is 47.4 Å². The van der Waals surface area contributed by atoms with Crippen molar-refractivity contribution >= 4 is 21.6 Å². The number of carbonyl (C=O) groups excluding carboxylic acids is 1. The van der Waals surface area contributed by atoms with Gasteiger partial charge in [-0.25, -0.2) is 8.42 Å². The van der Waals surface area contributed by atoms with Gasteiger partial charge >= 0.3 is 0 Å². The standard InChI is InChI=1S/C23H30N2O4S/c1-17(2)19-10-6-7-11-21(19)24-30(27,28)18-12-13-22(29-3)20(16-18)23(26)25-14-8-4-5-9-15-25/h6-7,10-13,16-17,24H,4-5,8-9,14-15H2,1-3H3. The van der Waals surface area contributed by atoms with Crippen LogP contribution < -0.4 is 9.46 Å². The zero-order chi connectivity index (χ0) is 21.7. The molecule has 1 saturated heterocycles. The molecule has 1 amide bonds. The Kier molecular flexibility index (Phi) is 7.02. The number of benzene rings is 2. The molecule has 0 unspecified atom stereocenters. The van der Waals surface area contributed by atoms with Crippen molar-refractivity contribution in [2.24, 2.45) is 0 Å². The van der Waals surface area contributed by atoms with Gasteiger partial charge in [0.25, 0.3) is 15.9 Å². The van der Waals surface area contributed by atoms with Gasteiger partial charge in [-0.15, -0.1) is 0 Å². The van der Waals surface area contributed by atoms with Gasteiger partial charge in [0.1, 0.15) is 5.75 Å². The maximum absolute atomic E-state index is 13.1. The zero-order valence-electron chi connectivity index (χ0n) is 17.8. The molecule has 1 heterocycles. The van der Waals surface area contributed by atoms with Crippen LogP contribution in [0.5, 0.6) is 5.75 Å². The van der Waals surface area contributed by atoms with Crippen LogP contribution in [0, 0.1) is 0 Å². The number of hydrogen-bond acceptors (Lipinski definition) is 4. The van der Waals surface area contributed by atoms with Crippen molar-refractivity contribution in [2.75, 3.05) is 24.9 Å². The van der Waals surface area contributed by atoms with Crippen LogP contribution in [0.25, 0.3) is 0 Å². The predicted molar refractivity (Wildman–Crippen MR) is 119 cm³/mol. The molecule has 0 atom stereocenters. The number of para-hydroxylation sites is 1. The van der Waals surface area contributed by atoms with Crippen LogP contribution in [0.4, 0.5) is 5.69 Å². The number of ether oxygens (including phenoxy) is 1. The van der Waals surface area contributed by atoms with Crippen molar-refractivity contribution in [3.05, 3.63) is 53.6 Å². The SMILES string of the molecule is COc1ccc(S(=O)(=O)Nc2ccccc2C(C)C)cc1C(=O)N1CCCCCC1. The molecule has 7 heteroatoms. The summed E-state index contributed by atoms with van der Waals surface area (Å²) in [6.45, 7) is 5.38. The molecule has 6 nitrogen and oxygen atoms in total. The number of carbonyl (C=O) groups is 1. The average Bonchev–Trinajstić information content (AvgIpc) is 3.02. The Labute approximate surface area is 179 Å². The van der Waals surface area contributed by atoms with E-state index in [1.54, 1.807) is 23.1 Å². The van der Waals surface area contributed by atoms with Crippen molar-refractivity contribution < 1.29 is 17.9 Å². The fraction of sp³-hybridized carbons (Fsp3) is 0.435. The van der Waals surface area contributed by atoms with Gasteiger partial charge in [0.15, 0.2) is 0 Å². The molecule has 2 aromatic carbocycles. The Morgan fingerprint density at radius 1 is 1.03 bits per heavy atom. The summed E-state index contributed by atoms with van der Waals surface area (Å²) in [7, 11) is -2.38. The third-order valence-corrected chi connectivity index (χ3v) is 6.80. The summed E-state index contributed by atoms with van der Waals surface area (Å²) in [5, 5.41) is 0. The minimum atomic E-state index is -3.86. The van der Waals surface area contributed by atoms with Gasteiger partial charge in [-0.3, -0.25) is 9.52 Å². The van der Waals surface area contributed by atoms with Gasteiger partial charge < -0.3 is 9.64 Å². The first kappa shape index (κ1) is 22.2. The van der Waals surface area contributed by atoms with Gasteiger partial charge in [0, 0.05) is 13.1 Å². The Bertz CT molecular complexity index is 994. The van der Waals surface area contributed by atoms with E-state index in [0.717, 1.165) is 31.2 Å². The van der Waals surface area contributed by atoms with E-state index in [9.17, 15) is 13.2 Å². The number of likely N-dealkylation sites (tertiary alicyclic amines) is 1. The molecule has 0 spiro atoms. The van der Waals surface area contributed by atoms with E-state index >= 15 is 0 Å². The molecule has 1 aliphatic heterocycles. The van der Waals surface area contributed by atoms with E-state index in [2.05, 4.69) is 4.72 Å². The number of anilines is 1.